The molecule has 0 spiro atoms. The lowest BCUT2D eigenvalue weighted by Crippen LogP contribution is -2.31. The van der Waals surface area contributed by atoms with E-state index < -0.39 is 0 Å². The van der Waals surface area contributed by atoms with Crippen LogP contribution in [0.25, 0.3) is 0 Å². The summed E-state index contributed by atoms with van der Waals surface area (Å²) in [5.74, 6) is 0.707. The Morgan fingerprint density at radius 1 is 1.57 bits per heavy atom. The number of carbonyl (C=O) groups excluding carboxylic acids is 1. The molecular formula is C16H27N3O2. The van der Waals surface area contributed by atoms with Crippen LogP contribution in [0.5, 0.6) is 0 Å². The first-order valence-corrected chi connectivity index (χ1v) is 7.94. The quantitative estimate of drug-likeness (QED) is 0.840. The van der Waals surface area contributed by atoms with E-state index in [1.807, 2.05) is 4.68 Å². The standard InChI is InChI=1S/C16H27N3O2/c1-12(2)7-8-15(20)17-14-6-4-5-13-11-19(9-10-21-3)18-16(13)14/h11-12,14H,4-10H2,1-3H3,(H,17,20). The molecule has 1 amide bonds. The predicted molar refractivity (Wildman–Crippen MR) is 82.0 cm³/mol. The SMILES string of the molecule is COCCn1cc2c(n1)C(NC(=O)CCC(C)C)CCC2. The van der Waals surface area contributed by atoms with Crippen LogP contribution in [0, 0.1) is 5.92 Å². The molecule has 118 valence electrons. The van der Waals surface area contributed by atoms with Crippen molar-refractivity contribution in [3.05, 3.63) is 17.5 Å². The molecule has 0 radical (unpaired) electrons. The van der Waals surface area contributed by atoms with Crippen molar-refractivity contribution in [1.29, 1.82) is 0 Å². The number of hydrogen-bond donors (Lipinski definition) is 1. The average molecular weight is 293 g/mol. The highest BCUT2D eigenvalue weighted by Crippen LogP contribution is 2.28. The molecule has 0 bridgehead atoms. The molecule has 0 fully saturated rings. The van der Waals surface area contributed by atoms with Gasteiger partial charge in [0.25, 0.3) is 0 Å². The van der Waals surface area contributed by atoms with E-state index in [1.165, 1.54) is 5.56 Å². The number of fused-ring (bicyclic) bond motifs is 1. The van der Waals surface area contributed by atoms with E-state index >= 15 is 0 Å². The van der Waals surface area contributed by atoms with E-state index in [-0.39, 0.29) is 11.9 Å². The zero-order chi connectivity index (χ0) is 15.2. The normalized spacial score (nSPS) is 17.8. The molecule has 1 heterocycles. The third-order valence-electron chi connectivity index (χ3n) is 3.95. The maximum atomic E-state index is 12.0. The van der Waals surface area contributed by atoms with Crippen molar-refractivity contribution in [3.63, 3.8) is 0 Å². The van der Waals surface area contributed by atoms with Gasteiger partial charge in [-0.2, -0.15) is 5.10 Å². The minimum Gasteiger partial charge on any atom is -0.383 e. The molecule has 0 aliphatic heterocycles. The molecule has 2 rings (SSSR count). The van der Waals surface area contributed by atoms with Crippen LogP contribution in [-0.2, 0) is 22.5 Å². The van der Waals surface area contributed by atoms with Gasteiger partial charge in [-0.3, -0.25) is 9.48 Å². The minimum absolute atomic E-state index is 0.0807. The lowest BCUT2D eigenvalue weighted by atomic mass is 9.93. The number of carbonyl (C=O) groups is 1. The Hall–Kier alpha value is -1.36. The number of amides is 1. The van der Waals surface area contributed by atoms with Gasteiger partial charge in [0.05, 0.1) is 24.9 Å². The highest BCUT2D eigenvalue weighted by Gasteiger charge is 2.25. The van der Waals surface area contributed by atoms with Gasteiger partial charge in [-0.15, -0.1) is 0 Å². The zero-order valence-electron chi connectivity index (χ0n) is 13.4. The summed E-state index contributed by atoms with van der Waals surface area (Å²) in [6.45, 7) is 5.70. The largest absolute Gasteiger partial charge is 0.383 e. The van der Waals surface area contributed by atoms with Crippen LogP contribution in [0.1, 0.15) is 56.8 Å². The van der Waals surface area contributed by atoms with Crippen LogP contribution in [0.4, 0.5) is 0 Å². The number of methoxy groups -OCH3 is 1. The third kappa shape index (κ3) is 4.56. The van der Waals surface area contributed by atoms with E-state index in [0.29, 0.717) is 18.9 Å². The highest BCUT2D eigenvalue weighted by molar-refractivity contribution is 5.76. The minimum atomic E-state index is 0.0807. The molecule has 1 N–H and O–H groups in total. The Morgan fingerprint density at radius 3 is 3.10 bits per heavy atom. The Labute approximate surface area is 127 Å². The fourth-order valence-electron chi connectivity index (χ4n) is 2.72. The van der Waals surface area contributed by atoms with Gasteiger partial charge in [-0.25, -0.2) is 0 Å². The topological polar surface area (TPSA) is 56.1 Å². The molecule has 1 atom stereocenters. The smallest absolute Gasteiger partial charge is 0.220 e. The van der Waals surface area contributed by atoms with Crippen molar-refractivity contribution in [2.45, 2.75) is 58.5 Å². The summed E-state index contributed by atoms with van der Waals surface area (Å²) < 4.78 is 7.03. The number of nitrogens with one attached hydrogen (secondary N) is 1. The van der Waals surface area contributed by atoms with Gasteiger partial charge >= 0.3 is 0 Å². The summed E-state index contributed by atoms with van der Waals surface area (Å²) in [5.41, 5.74) is 2.32. The number of nitrogens with zero attached hydrogens (tertiary/aromatic N) is 2. The molecule has 5 heteroatoms. The number of rotatable bonds is 7. The monoisotopic (exact) mass is 293 g/mol. The molecule has 0 saturated carbocycles. The van der Waals surface area contributed by atoms with E-state index in [9.17, 15) is 4.79 Å². The molecule has 1 aliphatic carbocycles. The fourth-order valence-corrected chi connectivity index (χ4v) is 2.72. The third-order valence-corrected chi connectivity index (χ3v) is 3.95. The Balaban J connectivity index is 1.97. The Kier molecular flexibility index (Phi) is 5.79. The summed E-state index contributed by atoms with van der Waals surface area (Å²) >= 11 is 0. The number of aromatic nitrogens is 2. The molecule has 1 unspecified atom stereocenters. The zero-order valence-corrected chi connectivity index (χ0v) is 13.4. The van der Waals surface area contributed by atoms with Crippen LogP contribution in [0.2, 0.25) is 0 Å². The number of ether oxygens (including phenoxy) is 1. The van der Waals surface area contributed by atoms with Crippen molar-refractivity contribution in [2.24, 2.45) is 5.92 Å². The van der Waals surface area contributed by atoms with Gasteiger partial charge < -0.3 is 10.1 Å². The van der Waals surface area contributed by atoms with Crippen LogP contribution in [0.3, 0.4) is 0 Å². The Bertz CT molecular complexity index is 468. The lowest BCUT2D eigenvalue weighted by molar-refractivity contribution is -0.122. The second-order valence-electron chi connectivity index (χ2n) is 6.24. The van der Waals surface area contributed by atoms with Gasteiger partial charge in [0.2, 0.25) is 5.91 Å². The molecule has 1 aliphatic rings. The maximum Gasteiger partial charge on any atom is 0.220 e. The first-order valence-electron chi connectivity index (χ1n) is 7.94. The van der Waals surface area contributed by atoms with E-state index in [4.69, 9.17) is 4.74 Å². The van der Waals surface area contributed by atoms with Crippen LogP contribution in [0.15, 0.2) is 6.20 Å². The van der Waals surface area contributed by atoms with Crippen molar-refractivity contribution in [1.82, 2.24) is 15.1 Å². The number of hydrogen-bond acceptors (Lipinski definition) is 3. The second kappa shape index (κ2) is 7.59. The highest BCUT2D eigenvalue weighted by atomic mass is 16.5. The van der Waals surface area contributed by atoms with Gasteiger partial charge in [-0.05, 0) is 37.2 Å². The fraction of sp³-hybridized carbons (Fsp3) is 0.750. The summed E-state index contributed by atoms with van der Waals surface area (Å²) in [5, 5.41) is 7.79. The molecule has 1 aromatic heterocycles. The lowest BCUT2D eigenvalue weighted by Gasteiger charge is -2.22. The van der Waals surface area contributed by atoms with E-state index in [1.54, 1.807) is 7.11 Å². The number of aryl methyl sites for hydroxylation is 1. The van der Waals surface area contributed by atoms with E-state index in [2.05, 4.69) is 30.5 Å². The van der Waals surface area contributed by atoms with E-state index in [0.717, 1.165) is 37.9 Å². The molecular weight excluding hydrogens is 266 g/mol. The van der Waals surface area contributed by atoms with Gasteiger partial charge in [-0.1, -0.05) is 13.8 Å². The Morgan fingerprint density at radius 2 is 2.38 bits per heavy atom. The molecule has 5 nitrogen and oxygen atoms in total. The van der Waals surface area contributed by atoms with Crippen molar-refractivity contribution >= 4 is 5.91 Å². The van der Waals surface area contributed by atoms with Crippen molar-refractivity contribution < 1.29 is 9.53 Å². The van der Waals surface area contributed by atoms with Crippen LogP contribution in [-0.4, -0.2) is 29.4 Å². The molecule has 1 aromatic rings. The predicted octanol–water partition coefficient (Wildman–Crippen LogP) is 2.46. The van der Waals surface area contributed by atoms with Crippen molar-refractivity contribution in [3.8, 4) is 0 Å². The van der Waals surface area contributed by atoms with Crippen LogP contribution >= 0.6 is 0 Å². The molecule has 0 aromatic carbocycles. The second-order valence-corrected chi connectivity index (χ2v) is 6.24. The van der Waals surface area contributed by atoms with Crippen molar-refractivity contribution in [2.75, 3.05) is 13.7 Å². The summed E-state index contributed by atoms with van der Waals surface area (Å²) in [6.07, 6.45) is 6.79. The van der Waals surface area contributed by atoms with Gasteiger partial charge in [0.1, 0.15) is 0 Å². The summed E-state index contributed by atoms with van der Waals surface area (Å²) in [6, 6.07) is 0.0807. The molecule has 0 saturated heterocycles. The summed E-state index contributed by atoms with van der Waals surface area (Å²) in [4.78, 5) is 12.0. The average Bonchev–Trinajstić information content (AvgIpc) is 2.87. The first kappa shape index (κ1) is 16.0. The molecule has 21 heavy (non-hydrogen) atoms. The van der Waals surface area contributed by atoms with Gasteiger partial charge in [0, 0.05) is 19.7 Å². The maximum absolute atomic E-state index is 12.0. The summed E-state index contributed by atoms with van der Waals surface area (Å²) in [7, 11) is 1.70. The van der Waals surface area contributed by atoms with Crippen LogP contribution < -0.4 is 5.32 Å². The first-order chi connectivity index (χ1) is 10.1. The van der Waals surface area contributed by atoms with Gasteiger partial charge in [0.15, 0.2) is 0 Å².